The Balaban J connectivity index is 2.11. The first-order valence-electron chi connectivity index (χ1n) is 7.43. The summed E-state index contributed by atoms with van der Waals surface area (Å²) in [5.74, 6) is 0.569. The number of rotatable bonds is 4. The van der Waals surface area contributed by atoms with E-state index in [1.807, 2.05) is 56.3 Å². The number of anilines is 1. The fourth-order valence-electron chi connectivity index (χ4n) is 2.33. The maximum atomic E-state index is 12.3. The van der Waals surface area contributed by atoms with Gasteiger partial charge < -0.3 is 5.32 Å². The molecule has 0 aliphatic rings. The van der Waals surface area contributed by atoms with Gasteiger partial charge in [0.25, 0.3) is 5.91 Å². The third-order valence-corrected chi connectivity index (χ3v) is 3.50. The van der Waals surface area contributed by atoms with E-state index in [2.05, 4.69) is 19.2 Å². The van der Waals surface area contributed by atoms with Crippen molar-refractivity contribution < 1.29 is 4.79 Å². The summed E-state index contributed by atoms with van der Waals surface area (Å²) in [4.78, 5) is 12.3. The largest absolute Gasteiger partial charge is 0.322 e. The standard InChI is InChI=1S/C19H23NO/c1-13(2)11-16-7-9-17(10-8-16)19(21)20-18-12-14(3)5-6-15(18)4/h5-10,12-13H,11H2,1-4H3,(H,20,21). The summed E-state index contributed by atoms with van der Waals surface area (Å²) in [5, 5.41) is 2.99. The van der Waals surface area contributed by atoms with Crippen molar-refractivity contribution in [2.24, 2.45) is 5.92 Å². The van der Waals surface area contributed by atoms with Crippen molar-refractivity contribution in [3.05, 3.63) is 64.7 Å². The van der Waals surface area contributed by atoms with Gasteiger partial charge in [0, 0.05) is 11.3 Å². The number of carbonyl (C=O) groups excluding carboxylic acids is 1. The van der Waals surface area contributed by atoms with Crippen LogP contribution in [0.25, 0.3) is 0 Å². The molecule has 0 radical (unpaired) electrons. The van der Waals surface area contributed by atoms with Crippen LogP contribution < -0.4 is 5.32 Å². The van der Waals surface area contributed by atoms with E-state index in [0.29, 0.717) is 11.5 Å². The van der Waals surface area contributed by atoms with E-state index in [-0.39, 0.29) is 5.91 Å². The average molecular weight is 281 g/mol. The van der Waals surface area contributed by atoms with Gasteiger partial charge in [-0.1, -0.05) is 38.1 Å². The number of aryl methyl sites for hydroxylation is 2. The van der Waals surface area contributed by atoms with E-state index < -0.39 is 0 Å². The highest BCUT2D eigenvalue weighted by Crippen LogP contribution is 2.18. The molecule has 110 valence electrons. The van der Waals surface area contributed by atoms with Crippen LogP contribution in [0.4, 0.5) is 5.69 Å². The SMILES string of the molecule is Cc1ccc(C)c(NC(=O)c2ccc(CC(C)C)cc2)c1. The summed E-state index contributed by atoms with van der Waals surface area (Å²) in [6.45, 7) is 8.42. The fraction of sp³-hybridized carbons (Fsp3) is 0.316. The summed E-state index contributed by atoms with van der Waals surface area (Å²) in [6.07, 6.45) is 1.04. The molecule has 0 spiro atoms. The van der Waals surface area contributed by atoms with Gasteiger partial charge in [0.2, 0.25) is 0 Å². The van der Waals surface area contributed by atoms with Gasteiger partial charge in [-0.2, -0.15) is 0 Å². The van der Waals surface area contributed by atoms with Gasteiger partial charge in [-0.05, 0) is 61.1 Å². The molecule has 21 heavy (non-hydrogen) atoms. The van der Waals surface area contributed by atoms with Crippen LogP contribution in [-0.4, -0.2) is 5.91 Å². The zero-order valence-electron chi connectivity index (χ0n) is 13.2. The van der Waals surface area contributed by atoms with E-state index in [0.717, 1.165) is 23.2 Å². The molecule has 0 unspecified atom stereocenters. The number of nitrogens with one attached hydrogen (secondary N) is 1. The van der Waals surface area contributed by atoms with Crippen LogP contribution in [0.5, 0.6) is 0 Å². The number of benzene rings is 2. The Kier molecular flexibility index (Phi) is 4.79. The summed E-state index contributed by atoms with van der Waals surface area (Å²) in [6, 6.07) is 14.0. The highest BCUT2D eigenvalue weighted by molar-refractivity contribution is 6.04. The lowest BCUT2D eigenvalue weighted by Gasteiger charge is -2.10. The number of hydrogen-bond acceptors (Lipinski definition) is 1. The number of hydrogen-bond donors (Lipinski definition) is 1. The zero-order chi connectivity index (χ0) is 15.4. The van der Waals surface area contributed by atoms with Crippen molar-refractivity contribution >= 4 is 11.6 Å². The molecule has 1 amide bonds. The van der Waals surface area contributed by atoms with Gasteiger partial charge in [0.15, 0.2) is 0 Å². The van der Waals surface area contributed by atoms with Crippen LogP contribution >= 0.6 is 0 Å². The molecule has 2 nitrogen and oxygen atoms in total. The lowest BCUT2D eigenvalue weighted by atomic mass is 10.0. The van der Waals surface area contributed by atoms with Crippen molar-refractivity contribution in [3.8, 4) is 0 Å². The Hall–Kier alpha value is -2.09. The number of amides is 1. The van der Waals surface area contributed by atoms with Crippen molar-refractivity contribution in [1.82, 2.24) is 0 Å². The van der Waals surface area contributed by atoms with Crippen molar-refractivity contribution in [3.63, 3.8) is 0 Å². The minimum absolute atomic E-state index is 0.0557. The smallest absolute Gasteiger partial charge is 0.255 e. The molecule has 0 aromatic heterocycles. The molecule has 1 N–H and O–H groups in total. The van der Waals surface area contributed by atoms with Crippen molar-refractivity contribution in [2.45, 2.75) is 34.1 Å². The molecule has 0 bridgehead atoms. The van der Waals surface area contributed by atoms with Gasteiger partial charge in [-0.25, -0.2) is 0 Å². The van der Waals surface area contributed by atoms with Gasteiger partial charge in [-0.3, -0.25) is 4.79 Å². The van der Waals surface area contributed by atoms with Crippen LogP contribution in [-0.2, 0) is 6.42 Å². The van der Waals surface area contributed by atoms with E-state index in [1.165, 1.54) is 5.56 Å². The van der Waals surface area contributed by atoms with Crippen LogP contribution in [0.1, 0.15) is 40.9 Å². The van der Waals surface area contributed by atoms with Crippen molar-refractivity contribution in [1.29, 1.82) is 0 Å². The van der Waals surface area contributed by atoms with Gasteiger partial charge in [0.05, 0.1) is 0 Å². The third kappa shape index (κ3) is 4.19. The Bertz CT molecular complexity index is 627. The predicted molar refractivity (Wildman–Crippen MR) is 88.9 cm³/mol. The van der Waals surface area contributed by atoms with Crippen LogP contribution in [0.15, 0.2) is 42.5 Å². The molecule has 0 heterocycles. The van der Waals surface area contributed by atoms with E-state index >= 15 is 0 Å². The molecule has 0 atom stereocenters. The molecule has 0 aliphatic heterocycles. The Labute approximate surface area is 127 Å². The normalized spacial score (nSPS) is 10.7. The average Bonchev–Trinajstić information content (AvgIpc) is 2.43. The highest BCUT2D eigenvalue weighted by Gasteiger charge is 2.08. The van der Waals surface area contributed by atoms with Crippen LogP contribution in [0.2, 0.25) is 0 Å². The molecular formula is C19H23NO. The van der Waals surface area contributed by atoms with Crippen molar-refractivity contribution in [2.75, 3.05) is 5.32 Å². The van der Waals surface area contributed by atoms with E-state index in [1.54, 1.807) is 0 Å². The summed E-state index contributed by atoms with van der Waals surface area (Å²) >= 11 is 0. The minimum atomic E-state index is -0.0557. The first-order valence-corrected chi connectivity index (χ1v) is 7.43. The van der Waals surface area contributed by atoms with Crippen LogP contribution in [0, 0.1) is 19.8 Å². The van der Waals surface area contributed by atoms with Gasteiger partial charge in [0.1, 0.15) is 0 Å². The fourth-order valence-corrected chi connectivity index (χ4v) is 2.33. The van der Waals surface area contributed by atoms with Crippen LogP contribution in [0.3, 0.4) is 0 Å². The molecule has 0 saturated heterocycles. The number of carbonyl (C=O) groups is 1. The summed E-state index contributed by atoms with van der Waals surface area (Å²) in [5.41, 5.74) is 5.07. The molecule has 0 saturated carbocycles. The third-order valence-electron chi connectivity index (χ3n) is 3.50. The predicted octanol–water partition coefficient (Wildman–Crippen LogP) is 4.75. The summed E-state index contributed by atoms with van der Waals surface area (Å²) in [7, 11) is 0. The Morgan fingerprint density at radius 1 is 1.05 bits per heavy atom. The quantitative estimate of drug-likeness (QED) is 0.860. The molecule has 2 rings (SSSR count). The van der Waals surface area contributed by atoms with Gasteiger partial charge >= 0.3 is 0 Å². The molecule has 0 fully saturated rings. The Morgan fingerprint density at radius 3 is 2.33 bits per heavy atom. The molecule has 2 aromatic rings. The Morgan fingerprint density at radius 2 is 1.71 bits per heavy atom. The second-order valence-electron chi connectivity index (χ2n) is 6.07. The first-order chi connectivity index (χ1) is 9.95. The molecular weight excluding hydrogens is 258 g/mol. The first kappa shape index (κ1) is 15.3. The summed E-state index contributed by atoms with van der Waals surface area (Å²) < 4.78 is 0. The maximum Gasteiger partial charge on any atom is 0.255 e. The maximum absolute atomic E-state index is 12.3. The van der Waals surface area contributed by atoms with E-state index in [9.17, 15) is 4.79 Å². The lowest BCUT2D eigenvalue weighted by molar-refractivity contribution is 0.102. The van der Waals surface area contributed by atoms with E-state index in [4.69, 9.17) is 0 Å². The second kappa shape index (κ2) is 6.57. The minimum Gasteiger partial charge on any atom is -0.322 e. The monoisotopic (exact) mass is 281 g/mol. The zero-order valence-corrected chi connectivity index (χ0v) is 13.2. The second-order valence-corrected chi connectivity index (χ2v) is 6.07. The van der Waals surface area contributed by atoms with Gasteiger partial charge in [-0.15, -0.1) is 0 Å². The topological polar surface area (TPSA) is 29.1 Å². The molecule has 2 aromatic carbocycles. The molecule has 0 aliphatic carbocycles. The highest BCUT2D eigenvalue weighted by atomic mass is 16.1. The molecule has 2 heteroatoms. The lowest BCUT2D eigenvalue weighted by Crippen LogP contribution is -2.13.